The topological polar surface area (TPSA) is 24.5 Å². The lowest BCUT2D eigenvalue weighted by molar-refractivity contribution is 0.136. The fourth-order valence-corrected chi connectivity index (χ4v) is 2.21. The fourth-order valence-electron chi connectivity index (χ4n) is 2.21. The molecule has 1 fully saturated rings. The molecule has 1 aromatic rings. The van der Waals surface area contributed by atoms with Gasteiger partial charge in [0.15, 0.2) is 0 Å². The van der Waals surface area contributed by atoms with Crippen LogP contribution in [-0.4, -0.2) is 37.7 Å². The summed E-state index contributed by atoms with van der Waals surface area (Å²) in [5.41, 5.74) is 0.746. The van der Waals surface area contributed by atoms with Crippen molar-refractivity contribution in [1.29, 1.82) is 0 Å². The van der Waals surface area contributed by atoms with Crippen LogP contribution in [0, 0.1) is 5.82 Å². The Morgan fingerprint density at radius 1 is 1.44 bits per heavy atom. The maximum Gasteiger partial charge on any atom is 0.131 e. The van der Waals surface area contributed by atoms with E-state index < -0.39 is 0 Å². The van der Waals surface area contributed by atoms with Crippen molar-refractivity contribution in [2.24, 2.45) is 0 Å². The molecule has 1 aliphatic heterocycles. The first-order valence-electron chi connectivity index (χ1n) is 6.51. The molecule has 0 atom stereocenters. The standard InChI is InChI=1S/C14H21FN2O/c1-3-6-17(12-8-16-9-12)10-11-4-5-13(18-2)7-14(11)15/h4-5,7,12,16H,3,6,8-10H2,1-2H3. The molecular weight excluding hydrogens is 231 g/mol. The number of hydrogen-bond donors (Lipinski definition) is 1. The molecule has 100 valence electrons. The molecule has 18 heavy (non-hydrogen) atoms. The van der Waals surface area contributed by atoms with Crippen molar-refractivity contribution in [2.45, 2.75) is 25.9 Å². The fraction of sp³-hybridized carbons (Fsp3) is 0.571. The molecule has 2 rings (SSSR count). The summed E-state index contributed by atoms with van der Waals surface area (Å²) in [7, 11) is 1.55. The minimum atomic E-state index is -0.178. The van der Waals surface area contributed by atoms with Crippen LogP contribution in [0.3, 0.4) is 0 Å². The molecule has 0 aromatic heterocycles. The molecule has 3 nitrogen and oxygen atoms in total. The summed E-state index contributed by atoms with van der Waals surface area (Å²) in [5.74, 6) is 0.395. The predicted molar refractivity (Wildman–Crippen MR) is 70.3 cm³/mol. The van der Waals surface area contributed by atoms with Gasteiger partial charge in [0.2, 0.25) is 0 Å². The van der Waals surface area contributed by atoms with E-state index in [9.17, 15) is 4.39 Å². The molecular formula is C14H21FN2O. The van der Waals surface area contributed by atoms with Crippen molar-refractivity contribution >= 4 is 0 Å². The van der Waals surface area contributed by atoms with Gasteiger partial charge in [-0.1, -0.05) is 13.0 Å². The molecule has 0 saturated carbocycles. The van der Waals surface area contributed by atoms with Crippen LogP contribution < -0.4 is 10.1 Å². The number of rotatable bonds is 6. The second-order valence-electron chi connectivity index (χ2n) is 4.74. The zero-order valence-electron chi connectivity index (χ0n) is 11.1. The second kappa shape index (κ2) is 6.16. The van der Waals surface area contributed by atoms with E-state index in [1.165, 1.54) is 6.07 Å². The highest BCUT2D eigenvalue weighted by atomic mass is 19.1. The van der Waals surface area contributed by atoms with E-state index in [0.29, 0.717) is 18.3 Å². The first-order chi connectivity index (χ1) is 8.74. The van der Waals surface area contributed by atoms with E-state index >= 15 is 0 Å². The number of nitrogens with zero attached hydrogens (tertiary/aromatic N) is 1. The zero-order valence-corrected chi connectivity index (χ0v) is 11.1. The molecule has 0 radical (unpaired) electrons. The Bertz CT molecular complexity index is 393. The third-order valence-electron chi connectivity index (χ3n) is 3.42. The molecule has 1 aromatic carbocycles. The third-order valence-corrected chi connectivity index (χ3v) is 3.42. The van der Waals surface area contributed by atoms with Gasteiger partial charge in [0, 0.05) is 37.3 Å². The Morgan fingerprint density at radius 2 is 2.22 bits per heavy atom. The van der Waals surface area contributed by atoms with Gasteiger partial charge in [-0.15, -0.1) is 0 Å². The van der Waals surface area contributed by atoms with Gasteiger partial charge in [-0.25, -0.2) is 4.39 Å². The highest BCUT2D eigenvalue weighted by molar-refractivity contribution is 5.28. The minimum Gasteiger partial charge on any atom is -0.497 e. The summed E-state index contributed by atoms with van der Waals surface area (Å²) in [6, 6.07) is 5.65. The number of halogens is 1. The average molecular weight is 252 g/mol. The van der Waals surface area contributed by atoms with Crippen LogP contribution in [0.1, 0.15) is 18.9 Å². The van der Waals surface area contributed by atoms with Crippen molar-refractivity contribution in [2.75, 3.05) is 26.7 Å². The summed E-state index contributed by atoms with van der Waals surface area (Å²) in [6.07, 6.45) is 1.09. The normalized spacial score (nSPS) is 15.8. The molecule has 0 aliphatic carbocycles. The molecule has 0 amide bonds. The third kappa shape index (κ3) is 3.00. The van der Waals surface area contributed by atoms with E-state index in [-0.39, 0.29) is 5.82 Å². The van der Waals surface area contributed by atoms with Gasteiger partial charge >= 0.3 is 0 Å². The van der Waals surface area contributed by atoms with Crippen LogP contribution in [0.2, 0.25) is 0 Å². The largest absolute Gasteiger partial charge is 0.497 e. The Hall–Kier alpha value is -1.13. The van der Waals surface area contributed by atoms with Crippen LogP contribution in [0.25, 0.3) is 0 Å². The summed E-state index contributed by atoms with van der Waals surface area (Å²) >= 11 is 0. The maximum absolute atomic E-state index is 13.9. The van der Waals surface area contributed by atoms with Crippen LogP contribution in [-0.2, 0) is 6.54 Å². The minimum absolute atomic E-state index is 0.178. The van der Waals surface area contributed by atoms with E-state index in [1.54, 1.807) is 7.11 Å². The predicted octanol–water partition coefficient (Wildman–Crippen LogP) is 2.02. The van der Waals surface area contributed by atoms with Gasteiger partial charge < -0.3 is 10.1 Å². The first kappa shape index (κ1) is 13.3. The summed E-state index contributed by atoms with van der Waals surface area (Å²) in [4.78, 5) is 2.35. The van der Waals surface area contributed by atoms with Crippen molar-refractivity contribution in [1.82, 2.24) is 10.2 Å². The zero-order chi connectivity index (χ0) is 13.0. The molecule has 0 spiro atoms. The van der Waals surface area contributed by atoms with Gasteiger partial charge in [0.25, 0.3) is 0 Å². The molecule has 1 heterocycles. The van der Waals surface area contributed by atoms with E-state index in [1.807, 2.05) is 12.1 Å². The lowest BCUT2D eigenvalue weighted by Gasteiger charge is -2.38. The van der Waals surface area contributed by atoms with Gasteiger partial charge in [-0.3, -0.25) is 4.90 Å². The van der Waals surface area contributed by atoms with Crippen LogP contribution in [0.4, 0.5) is 4.39 Å². The molecule has 4 heteroatoms. The monoisotopic (exact) mass is 252 g/mol. The first-order valence-corrected chi connectivity index (χ1v) is 6.51. The number of hydrogen-bond acceptors (Lipinski definition) is 3. The van der Waals surface area contributed by atoms with Crippen molar-refractivity contribution in [3.05, 3.63) is 29.6 Å². The second-order valence-corrected chi connectivity index (χ2v) is 4.74. The van der Waals surface area contributed by atoms with Crippen LogP contribution >= 0.6 is 0 Å². The van der Waals surface area contributed by atoms with Gasteiger partial charge in [0.05, 0.1) is 7.11 Å². The van der Waals surface area contributed by atoms with E-state index in [0.717, 1.165) is 31.6 Å². The molecule has 1 aliphatic rings. The van der Waals surface area contributed by atoms with Crippen LogP contribution in [0.5, 0.6) is 5.75 Å². The summed E-state index contributed by atoms with van der Waals surface area (Å²) in [6.45, 7) is 5.87. The molecule has 0 bridgehead atoms. The number of benzene rings is 1. The van der Waals surface area contributed by atoms with E-state index in [2.05, 4.69) is 17.1 Å². The Balaban J connectivity index is 2.05. The highest BCUT2D eigenvalue weighted by Gasteiger charge is 2.24. The maximum atomic E-state index is 13.9. The molecule has 0 unspecified atom stereocenters. The number of methoxy groups -OCH3 is 1. The smallest absolute Gasteiger partial charge is 0.131 e. The summed E-state index contributed by atoms with van der Waals surface area (Å²) < 4.78 is 18.9. The molecule has 1 saturated heterocycles. The average Bonchev–Trinajstić information content (AvgIpc) is 2.29. The van der Waals surface area contributed by atoms with Gasteiger partial charge in [-0.2, -0.15) is 0 Å². The summed E-state index contributed by atoms with van der Waals surface area (Å²) in [5, 5.41) is 3.26. The number of ether oxygens (including phenoxy) is 1. The van der Waals surface area contributed by atoms with E-state index in [4.69, 9.17) is 4.74 Å². The Morgan fingerprint density at radius 3 is 2.72 bits per heavy atom. The molecule has 1 N–H and O–H groups in total. The lowest BCUT2D eigenvalue weighted by Crippen LogP contribution is -2.57. The van der Waals surface area contributed by atoms with Crippen molar-refractivity contribution in [3.63, 3.8) is 0 Å². The SMILES string of the molecule is CCCN(Cc1ccc(OC)cc1F)C1CNC1. The van der Waals surface area contributed by atoms with Gasteiger partial charge in [0.1, 0.15) is 11.6 Å². The quantitative estimate of drug-likeness (QED) is 0.838. The van der Waals surface area contributed by atoms with Gasteiger partial charge in [-0.05, 0) is 19.0 Å². The Labute approximate surface area is 108 Å². The van der Waals surface area contributed by atoms with Crippen molar-refractivity contribution < 1.29 is 9.13 Å². The van der Waals surface area contributed by atoms with Crippen molar-refractivity contribution in [3.8, 4) is 5.75 Å². The lowest BCUT2D eigenvalue weighted by atomic mass is 10.1. The Kier molecular flexibility index (Phi) is 4.55. The highest BCUT2D eigenvalue weighted by Crippen LogP contribution is 2.19. The van der Waals surface area contributed by atoms with Crippen LogP contribution in [0.15, 0.2) is 18.2 Å². The number of nitrogens with one attached hydrogen (secondary N) is 1.